The van der Waals surface area contributed by atoms with Crippen molar-refractivity contribution in [2.24, 2.45) is 0 Å². The zero-order valence-corrected chi connectivity index (χ0v) is 12.1. The van der Waals surface area contributed by atoms with Crippen molar-refractivity contribution >= 4 is 0 Å². The molecule has 2 aromatic rings. The van der Waals surface area contributed by atoms with Gasteiger partial charge in [-0.3, -0.25) is 0 Å². The molecule has 0 spiro atoms. The fraction of sp³-hybridized carbons (Fsp3) is 0.333. The van der Waals surface area contributed by atoms with E-state index in [9.17, 15) is 0 Å². The first kappa shape index (κ1) is 15.0. The lowest BCUT2D eigenvalue weighted by Crippen LogP contribution is -1.97. The van der Waals surface area contributed by atoms with Crippen LogP contribution in [0.25, 0.3) is 11.1 Å². The van der Waals surface area contributed by atoms with Crippen LogP contribution in [0.1, 0.15) is 19.4 Å². The van der Waals surface area contributed by atoms with Gasteiger partial charge >= 0.3 is 6.01 Å². The first-order valence-corrected chi connectivity index (χ1v) is 6.26. The van der Waals surface area contributed by atoms with E-state index in [0.29, 0.717) is 11.9 Å². The maximum Gasteiger partial charge on any atom is 0.319 e. The molecular weight excluding hydrogens is 240 g/mol. The summed E-state index contributed by atoms with van der Waals surface area (Å²) in [5, 5.41) is 0. The zero-order chi connectivity index (χ0) is 14.3. The van der Waals surface area contributed by atoms with Gasteiger partial charge in [0.2, 0.25) is 5.88 Å². The van der Waals surface area contributed by atoms with Crippen molar-refractivity contribution in [3.63, 3.8) is 0 Å². The molecule has 102 valence electrons. The van der Waals surface area contributed by atoms with Gasteiger partial charge in [-0.2, -0.15) is 4.98 Å². The highest BCUT2D eigenvalue weighted by molar-refractivity contribution is 5.68. The Bertz CT molecular complexity index is 510. The summed E-state index contributed by atoms with van der Waals surface area (Å²) >= 11 is 0. The Balaban J connectivity index is 0.000000861. The van der Waals surface area contributed by atoms with Crippen LogP contribution in [0.2, 0.25) is 0 Å². The number of aryl methyl sites for hydroxylation is 1. The molecule has 4 nitrogen and oxygen atoms in total. The molecule has 0 N–H and O–H groups in total. The number of aromatic nitrogens is 2. The van der Waals surface area contributed by atoms with Crippen LogP contribution in [0.3, 0.4) is 0 Å². The molecule has 0 atom stereocenters. The lowest BCUT2D eigenvalue weighted by Gasteiger charge is -2.08. The minimum Gasteiger partial charge on any atom is -0.480 e. The highest BCUT2D eigenvalue weighted by Crippen LogP contribution is 2.28. The molecule has 0 radical (unpaired) electrons. The fourth-order valence-corrected chi connectivity index (χ4v) is 1.54. The van der Waals surface area contributed by atoms with E-state index in [0.717, 1.165) is 11.1 Å². The lowest BCUT2D eigenvalue weighted by molar-refractivity contribution is 0.353. The van der Waals surface area contributed by atoms with Crippen LogP contribution in [0.5, 0.6) is 11.9 Å². The van der Waals surface area contributed by atoms with Crippen LogP contribution in [0, 0.1) is 6.92 Å². The molecule has 19 heavy (non-hydrogen) atoms. The summed E-state index contributed by atoms with van der Waals surface area (Å²) in [4.78, 5) is 8.24. The van der Waals surface area contributed by atoms with E-state index in [2.05, 4.69) is 9.97 Å². The molecule has 0 aliphatic rings. The van der Waals surface area contributed by atoms with Crippen molar-refractivity contribution in [2.75, 3.05) is 14.2 Å². The van der Waals surface area contributed by atoms with Crippen LogP contribution >= 0.6 is 0 Å². The van der Waals surface area contributed by atoms with Crippen molar-refractivity contribution in [3.8, 4) is 23.0 Å². The van der Waals surface area contributed by atoms with Crippen molar-refractivity contribution in [3.05, 3.63) is 36.0 Å². The smallest absolute Gasteiger partial charge is 0.319 e. The van der Waals surface area contributed by atoms with Gasteiger partial charge in [-0.25, -0.2) is 4.98 Å². The Morgan fingerprint density at radius 3 is 2.11 bits per heavy atom. The predicted molar refractivity (Wildman–Crippen MR) is 76.7 cm³/mol. The van der Waals surface area contributed by atoms with Crippen molar-refractivity contribution < 1.29 is 9.47 Å². The Morgan fingerprint density at radius 2 is 1.58 bits per heavy atom. The molecule has 0 amide bonds. The first-order chi connectivity index (χ1) is 9.24. The fourth-order valence-electron chi connectivity index (χ4n) is 1.54. The normalized spacial score (nSPS) is 9.32. The number of nitrogens with zero attached hydrogens (tertiary/aromatic N) is 2. The second-order valence-corrected chi connectivity index (χ2v) is 3.65. The Labute approximate surface area is 114 Å². The number of methoxy groups -OCH3 is 2. The van der Waals surface area contributed by atoms with Crippen LogP contribution in [-0.2, 0) is 0 Å². The molecule has 0 aliphatic heterocycles. The number of hydrogen-bond acceptors (Lipinski definition) is 4. The number of rotatable bonds is 3. The van der Waals surface area contributed by atoms with E-state index in [-0.39, 0.29) is 0 Å². The van der Waals surface area contributed by atoms with Gasteiger partial charge in [0, 0.05) is 6.20 Å². The molecular formula is C15H20N2O2. The molecule has 4 heteroatoms. The number of benzene rings is 1. The molecule has 0 fully saturated rings. The highest BCUT2D eigenvalue weighted by Gasteiger charge is 2.09. The summed E-state index contributed by atoms with van der Waals surface area (Å²) in [6.07, 6.45) is 1.70. The van der Waals surface area contributed by atoms with Crippen molar-refractivity contribution in [1.82, 2.24) is 9.97 Å². The molecule has 1 aromatic heterocycles. The van der Waals surface area contributed by atoms with Gasteiger partial charge < -0.3 is 9.47 Å². The van der Waals surface area contributed by atoms with Crippen molar-refractivity contribution in [2.45, 2.75) is 20.8 Å². The first-order valence-electron chi connectivity index (χ1n) is 6.26. The largest absolute Gasteiger partial charge is 0.480 e. The summed E-state index contributed by atoms with van der Waals surface area (Å²) in [5.41, 5.74) is 3.09. The Kier molecular flexibility index (Phi) is 5.79. The van der Waals surface area contributed by atoms with Gasteiger partial charge in [0.25, 0.3) is 0 Å². The maximum absolute atomic E-state index is 5.24. The highest BCUT2D eigenvalue weighted by atomic mass is 16.5. The molecule has 0 bridgehead atoms. The summed E-state index contributed by atoms with van der Waals surface area (Å²) < 4.78 is 10.2. The maximum atomic E-state index is 5.24. The molecule has 1 heterocycles. The van der Waals surface area contributed by atoms with E-state index < -0.39 is 0 Å². The van der Waals surface area contributed by atoms with Crippen LogP contribution < -0.4 is 9.47 Å². The number of hydrogen-bond donors (Lipinski definition) is 0. The van der Waals surface area contributed by atoms with E-state index in [1.165, 1.54) is 12.7 Å². The van der Waals surface area contributed by atoms with Crippen molar-refractivity contribution in [1.29, 1.82) is 0 Å². The molecule has 0 unspecified atom stereocenters. The zero-order valence-electron chi connectivity index (χ0n) is 12.1. The van der Waals surface area contributed by atoms with Crippen LogP contribution in [0.4, 0.5) is 0 Å². The van der Waals surface area contributed by atoms with Gasteiger partial charge in [-0.1, -0.05) is 43.7 Å². The third kappa shape index (κ3) is 3.68. The quantitative estimate of drug-likeness (QED) is 0.847. The van der Waals surface area contributed by atoms with Gasteiger partial charge in [-0.05, 0) is 12.5 Å². The lowest BCUT2D eigenvalue weighted by atomic mass is 10.1. The Hall–Kier alpha value is -2.10. The summed E-state index contributed by atoms with van der Waals surface area (Å²) in [5.74, 6) is 0.515. The molecule has 0 saturated carbocycles. The van der Waals surface area contributed by atoms with Gasteiger partial charge in [0.05, 0.1) is 19.8 Å². The summed E-state index contributed by atoms with van der Waals surface area (Å²) in [7, 11) is 3.11. The monoisotopic (exact) mass is 260 g/mol. The van der Waals surface area contributed by atoms with E-state index in [1.807, 2.05) is 45.0 Å². The van der Waals surface area contributed by atoms with Crippen LogP contribution in [-0.4, -0.2) is 24.2 Å². The average molecular weight is 260 g/mol. The SMILES string of the molecule is CC.COc1ncc(-c2ccc(C)cc2)c(OC)n1. The molecule has 1 aromatic carbocycles. The van der Waals surface area contributed by atoms with Gasteiger partial charge in [-0.15, -0.1) is 0 Å². The topological polar surface area (TPSA) is 44.2 Å². The van der Waals surface area contributed by atoms with Gasteiger partial charge in [0.1, 0.15) is 0 Å². The third-order valence-electron chi connectivity index (χ3n) is 2.47. The molecule has 0 aliphatic carbocycles. The Morgan fingerprint density at radius 1 is 0.947 bits per heavy atom. The number of ether oxygens (including phenoxy) is 2. The second-order valence-electron chi connectivity index (χ2n) is 3.65. The van der Waals surface area contributed by atoms with E-state index in [4.69, 9.17) is 9.47 Å². The minimum absolute atomic E-state index is 0.303. The van der Waals surface area contributed by atoms with E-state index in [1.54, 1.807) is 13.3 Å². The summed E-state index contributed by atoms with van der Waals surface area (Å²) in [6.45, 7) is 6.05. The second kappa shape index (κ2) is 7.36. The molecule has 2 rings (SSSR count). The standard InChI is InChI=1S/C13H14N2O2.C2H6/c1-9-4-6-10(7-5-9)11-8-14-13(17-3)15-12(11)16-2;1-2/h4-8H,1-3H3;1-2H3. The summed E-state index contributed by atoms with van der Waals surface area (Å²) in [6, 6.07) is 8.42. The van der Waals surface area contributed by atoms with Gasteiger partial charge in [0.15, 0.2) is 0 Å². The minimum atomic E-state index is 0.303. The average Bonchev–Trinajstić information content (AvgIpc) is 2.49. The third-order valence-corrected chi connectivity index (χ3v) is 2.47. The predicted octanol–water partition coefficient (Wildman–Crippen LogP) is 3.50. The van der Waals surface area contributed by atoms with Crippen LogP contribution in [0.15, 0.2) is 30.5 Å². The van der Waals surface area contributed by atoms with E-state index >= 15 is 0 Å². The molecule has 0 saturated heterocycles.